The fourth-order valence-corrected chi connectivity index (χ4v) is 2.95. The third kappa shape index (κ3) is 1.89. The molecule has 0 radical (unpaired) electrons. The molecule has 3 rings (SSSR count). The number of rotatable bonds is 1. The second kappa shape index (κ2) is 4.48. The van der Waals surface area contributed by atoms with Crippen LogP contribution in [-0.2, 0) is 4.79 Å². The number of carbonyl (C=O) groups excluding carboxylic acids is 2. The molecule has 0 aromatic carbocycles. The summed E-state index contributed by atoms with van der Waals surface area (Å²) in [6.07, 6.45) is 7.09. The lowest BCUT2D eigenvalue weighted by atomic mass is 9.87. The van der Waals surface area contributed by atoms with Crippen LogP contribution in [0.5, 0.6) is 0 Å². The Labute approximate surface area is 105 Å². The standard InChI is InChI=1S/C13H16N2O3/c16-12-7-15(13(17)9-5-6-18-8-9)11-4-2-1-3-10(11)14-12/h5-6,8,10-11H,1-4,7H2,(H,14,16)/t10-,11-/m0/s1. The van der Waals surface area contributed by atoms with Crippen LogP contribution in [0.1, 0.15) is 36.0 Å². The van der Waals surface area contributed by atoms with Crippen molar-refractivity contribution in [1.82, 2.24) is 10.2 Å². The molecule has 0 unspecified atom stereocenters. The van der Waals surface area contributed by atoms with Crippen molar-refractivity contribution >= 4 is 11.8 Å². The third-order valence-corrected chi connectivity index (χ3v) is 3.82. The summed E-state index contributed by atoms with van der Waals surface area (Å²) in [7, 11) is 0. The maximum absolute atomic E-state index is 12.3. The number of hydrogen-bond acceptors (Lipinski definition) is 3. The predicted octanol–water partition coefficient (Wildman–Crippen LogP) is 1.16. The first kappa shape index (κ1) is 11.3. The third-order valence-electron chi connectivity index (χ3n) is 3.82. The van der Waals surface area contributed by atoms with E-state index in [1.807, 2.05) is 0 Å². The van der Waals surface area contributed by atoms with Gasteiger partial charge in [0.25, 0.3) is 5.91 Å². The van der Waals surface area contributed by atoms with Gasteiger partial charge in [0.05, 0.1) is 17.9 Å². The maximum atomic E-state index is 12.3. The summed E-state index contributed by atoms with van der Waals surface area (Å²) < 4.78 is 4.94. The number of piperazine rings is 1. The molecule has 18 heavy (non-hydrogen) atoms. The van der Waals surface area contributed by atoms with Gasteiger partial charge in [-0.15, -0.1) is 0 Å². The van der Waals surface area contributed by atoms with Gasteiger partial charge in [-0.2, -0.15) is 0 Å². The van der Waals surface area contributed by atoms with Crippen LogP contribution in [0.15, 0.2) is 23.0 Å². The Hall–Kier alpha value is -1.78. The van der Waals surface area contributed by atoms with Crippen molar-refractivity contribution in [1.29, 1.82) is 0 Å². The van der Waals surface area contributed by atoms with Crippen LogP contribution in [0, 0.1) is 0 Å². The van der Waals surface area contributed by atoms with Crippen LogP contribution in [0.4, 0.5) is 0 Å². The average Bonchev–Trinajstić information content (AvgIpc) is 2.90. The normalized spacial score (nSPS) is 27.6. The molecule has 1 N–H and O–H groups in total. The van der Waals surface area contributed by atoms with E-state index in [0.717, 1.165) is 25.7 Å². The molecule has 0 bridgehead atoms. The second-order valence-electron chi connectivity index (χ2n) is 4.97. The van der Waals surface area contributed by atoms with Gasteiger partial charge in [-0.25, -0.2) is 0 Å². The van der Waals surface area contributed by atoms with Crippen LogP contribution in [0.3, 0.4) is 0 Å². The van der Waals surface area contributed by atoms with Crippen LogP contribution < -0.4 is 5.32 Å². The Balaban J connectivity index is 1.84. The lowest BCUT2D eigenvalue weighted by Gasteiger charge is -2.43. The smallest absolute Gasteiger partial charge is 0.257 e. The zero-order valence-corrected chi connectivity index (χ0v) is 10.1. The second-order valence-corrected chi connectivity index (χ2v) is 4.97. The van der Waals surface area contributed by atoms with Gasteiger partial charge >= 0.3 is 0 Å². The molecule has 2 aliphatic rings. The zero-order valence-electron chi connectivity index (χ0n) is 10.1. The molecule has 1 aromatic heterocycles. The predicted molar refractivity (Wildman–Crippen MR) is 63.9 cm³/mol. The zero-order chi connectivity index (χ0) is 12.5. The van der Waals surface area contributed by atoms with E-state index in [0.29, 0.717) is 5.56 Å². The summed E-state index contributed by atoms with van der Waals surface area (Å²) in [5, 5.41) is 2.99. The van der Waals surface area contributed by atoms with Crippen LogP contribution in [0.2, 0.25) is 0 Å². The number of furan rings is 1. The number of carbonyl (C=O) groups is 2. The van der Waals surface area contributed by atoms with E-state index in [1.54, 1.807) is 11.0 Å². The summed E-state index contributed by atoms with van der Waals surface area (Å²) in [6, 6.07) is 1.90. The van der Waals surface area contributed by atoms with E-state index >= 15 is 0 Å². The van der Waals surface area contributed by atoms with Crippen molar-refractivity contribution < 1.29 is 14.0 Å². The molecular weight excluding hydrogens is 232 g/mol. The first-order chi connectivity index (χ1) is 8.75. The molecule has 0 spiro atoms. The quantitative estimate of drug-likeness (QED) is 0.811. The fourth-order valence-electron chi connectivity index (χ4n) is 2.95. The monoisotopic (exact) mass is 248 g/mol. The highest BCUT2D eigenvalue weighted by Crippen LogP contribution is 2.27. The molecule has 2 fully saturated rings. The van der Waals surface area contributed by atoms with E-state index in [2.05, 4.69) is 5.32 Å². The van der Waals surface area contributed by atoms with E-state index in [1.165, 1.54) is 12.5 Å². The first-order valence-electron chi connectivity index (χ1n) is 6.38. The van der Waals surface area contributed by atoms with E-state index in [-0.39, 0.29) is 30.4 Å². The molecule has 1 saturated carbocycles. The van der Waals surface area contributed by atoms with Crippen LogP contribution in [0.25, 0.3) is 0 Å². The van der Waals surface area contributed by atoms with Crippen molar-refractivity contribution in [2.75, 3.05) is 6.54 Å². The number of hydrogen-bond donors (Lipinski definition) is 1. The Kier molecular flexibility index (Phi) is 2.81. The summed E-state index contributed by atoms with van der Waals surface area (Å²) in [5.74, 6) is -0.162. The minimum absolute atomic E-state index is 0.0602. The minimum Gasteiger partial charge on any atom is -0.472 e. The molecule has 96 valence electrons. The topological polar surface area (TPSA) is 62.6 Å². The van der Waals surface area contributed by atoms with Crippen molar-refractivity contribution in [3.05, 3.63) is 24.2 Å². The Morgan fingerprint density at radius 1 is 1.39 bits per heavy atom. The number of nitrogens with one attached hydrogen (secondary N) is 1. The summed E-state index contributed by atoms with van der Waals surface area (Å²) in [5.41, 5.74) is 0.522. The summed E-state index contributed by atoms with van der Waals surface area (Å²) in [6.45, 7) is 0.158. The fraction of sp³-hybridized carbons (Fsp3) is 0.538. The van der Waals surface area contributed by atoms with Crippen molar-refractivity contribution in [2.45, 2.75) is 37.8 Å². The molecule has 1 aliphatic heterocycles. The largest absolute Gasteiger partial charge is 0.472 e. The van der Waals surface area contributed by atoms with Crippen molar-refractivity contribution in [3.63, 3.8) is 0 Å². The highest BCUT2D eigenvalue weighted by molar-refractivity contribution is 5.97. The van der Waals surface area contributed by atoms with E-state index in [9.17, 15) is 9.59 Å². The maximum Gasteiger partial charge on any atom is 0.257 e. The van der Waals surface area contributed by atoms with Gasteiger partial charge in [-0.05, 0) is 18.9 Å². The molecule has 5 heteroatoms. The summed E-state index contributed by atoms with van der Waals surface area (Å²) >= 11 is 0. The first-order valence-corrected chi connectivity index (χ1v) is 6.38. The summed E-state index contributed by atoms with van der Waals surface area (Å²) in [4.78, 5) is 25.7. The van der Waals surface area contributed by atoms with Crippen LogP contribution in [-0.4, -0.2) is 35.3 Å². The lowest BCUT2D eigenvalue weighted by Crippen LogP contribution is -2.62. The molecule has 1 aromatic rings. The number of nitrogens with zero attached hydrogens (tertiary/aromatic N) is 1. The van der Waals surface area contributed by atoms with Crippen molar-refractivity contribution in [2.24, 2.45) is 0 Å². The molecular formula is C13H16N2O3. The van der Waals surface area contributed by atoms with Gasteiger partial charge in [0.15, 0.2) is 0 Å². The highest BCUT2D eigenvalue weighted by Gasteiger charge is 2.39. The van der Waals surface area contributed by atoms with Crippen LogP contribution >= 0.6 is 0 Å². The van der Waals surface area contributed by atoms with Gasteiger partial charge in [0.1, 0.15) is 12.8 Å². The van der Waals surface area contributed by atoms with Crippen molar-refractivity contribution in [3.8, 4) is 0 Å². The molecule has 5 nitrogen and oxygen atoms in total. The van der Waals surface area contributed by atoms with E-state index in [4.69, 9.17) is 4.42 Å². The number of amides is 2. The Bertz CT molecular complexity index is 455. The van der Waals surface area contributed by atoms with Gasteiger partial charge in [-0.1, -0.05) is 12.8 Å². The number of fused-ring (bicyclic) bond motifs is 1. The molecule has 2 heterocycles. The van der Waals surface area contributed by atoms with Gasteiger partial charge in [-0.3, -0.25) is 9.59 Å². The minimum atomic E-state index is -0.101. The van der Waals surface area contributed by atoms with Gasteiger partial charge in [0.2, 0.25) is 5.91 Å². The Morgan fingerprint density at radius 2 is 2.22 bits per heavy atom. The SMILES string of the molecule is O=C1CN(C(=O)c2ccoc2)[C@H]2CCCC[C@@H]2N1. The Morgan fingerprint density at radius 3 is 3.00 bits per heavy atom. The molecule has 2 amide bonds. The molecule has 1 saturated heterocycles. The van der Waals surface area contributed by atoms with E-state index < -0.39 is 0 Å². The molecule has 1 aliphatic carbocycles. The average molecular weight is 248 g/mol. The lowest BCUT2D eigenvalue weighted by molar-refractivity contribution is -0.127. The van der Waals surface area contributed by atoms with Gasteiger partial charge < -0.3 is 14.6 Å². The van der Waals surface area contributed by atoms with Gasteiger partial charge in [0, 0.05) is 6.04 Å². The highest BCUT2D eigenvalue weighted by atomic mass is 16.3. The molecule has 2 atom stereocenters.